The zero-order valence-electron chi connectivity index (χ0n) is 11.3. The van der Waals surface area contributed by atoms with Crippen LogP contribution in [0.15, 0.2) is 24.3 Å². The molecule has 0 saturated carbocycles. The van der Waals surface area contributed by atoms with E-state index in [0.717, 1.165) is 11.3 Å². The highest BCUT2D eigenvalue weighted by Crippen LogP contribution is 2.07. The van der Waals surface area contributed by atoms with Gasteiger partial charge < -0.3 is 10.6 Å². The molecule has 1 aromatic carbocycles. The van der Waals surface area contributed by atoms with Crippen LogP contribution in [0.4, 0.5) is 5.69 Å². The molecule has 19 heavy (non-hydrogen) atoms. The molecule has 0 heterocycles. The number of nitrogens with one attached hydrogen (secondary N) is 2. The molecule has 0 radical (unpaired) electrons. The Hall–Kier alpha value is -1.40. The molecule has 0 bridgehead atoms. The third kappa shape index (κ3) is 6.35. The van der Waals surface area contributed by atoms with Gasteiger partial charge in [-0.2, -0.15) is 0 Å². The highest BCUT2D eigenvalue weighted by atomic mass is 32.2. The maximum atomic E-state index is 11.6. The summed E-state index contributed by atoms with van der Waals surface area (Å²) in [5.41, 5.74) is 1.86. The first kappa shape index (κ1) is 15.7. The van der Waals surface area contributed by atoms with Gasteiger partial charge in [-0.15, -0.1) is 0 Å². The number of amides is 1. The van der Waals surface area contributed by atoms with Crippen molar-refractivity contribution in [2.45, 2.75) is 13.8 Å². The van der Waals surface area contributed by atoms with Gasteiger partial charge in [0.15, 0.2) is 9.84 Å². The van der Waals surface area contributed by atoms with E-state index in [4.69, 9.17) is 0 Å². The van der Waals surface area contributed by atoms with Crippen molar-refractivity contribution >= 4 is 21.4 Å². The van der Waals surface area contributed by atoms with Crippen LogP contribution in [0.2, 0.25) is 0 Å². The fourth-order valence-corrected chi connectivity index (χ4v) is 2.16. The van der Waals surface area contributed by atoms with Gasteiger partial charge in [0.25, 0.3) is 0 Å². The van der Waals surface area contributed by atoms with Gasteiger partial charge in [0, 0.05) is 18.0 Å². The second-order valence-corrected chi connectivity index (χ2v) is 6.80. The molecule has 0 fully saturated rings. The molecule has 1 amide bonds. The number of hydrogen-bond donors (Lipinski definition) is 2. The lowest BCUT2D eigenvalue weighted by Crippen LogP contribution is -2.31. The minimum absolute atomic E-state index is 0.0569. The molecular weight excluding hydrogens is 264 g/mol. The fraction of sp³-hybridized carbons (Fsp3) is 0.462. The van der Waals surface area contributed by atoms with Gasteiger partial charge in [-0.25, -0.2) is 8.42 Å². The maximum absolute atomic E-state index is 11.6. The average molecular weight is 284 g/mol. The lowest BCUT2D eigenvalue weighted by Gasteiger charge is -2.07. The molecule has 1 rings (SSSR count). The predicted octanol–water partition coefficient (Wildman–Crippen LogP) is 0.958. The first-order chi connectivity index (χ1) is 8.93. The normalized spacial score (nSPS) is 11.3. The Morgan fingerprint density at radius 2 is 1.84 bits per heavy atom. The van der Waals surface area contributed by atoms with Gasteiger partial charge in [-0.1, -0.05) is 24.6 Å². The Morgan fingerprint density at radius 1 is 1.21 bits per heavy atom. The van der Waals surface area contributed by atoms with Crippen LogP contribution in [-0.2, 0) is 14.6 Å². The van der Waals surface area contributed by atoms with Crippen LogP contribution < -0.4 is 10.6 Å². The van der Waals surface area contributed by atoms with Crippen molar-refractivity contribution in [1.29, 1.82) is 0 Å². The van der Waals surface area contributed by atoms with Crippen LogP contribution in [0.5, 0.6) is 0 Å². The quantitative estimate of drug-likeness (QED) is 0.731. The lowest BCUT2D eigenvalue weighted by molar-refractivity contribution is -0.115. The van der Waals surface area contributed by atoms with Gasteiger partial charge in [0.1, 0.15) is 0 Å². The van der Waals surface area contributed by atoms with E-state index in [2.05, 4.69) is 10.6 Å². The molecule has 6 heteroatoms. The van der Waals surface area contributed by atoms with Crippen LogP contribution in [0.1, 0.15) is 12.5 Å². The minimum atomic E-state index is -2.98. The number of hydrogen-bond acceptors (Lipinski definition) is 4. The predicted molar refractivity (Wildman–Crippen MR) is 77.0 cm³/mol. The Labute approximate surface area is 114 Å². The Bertz CT molecular complexity index is 509. The summed E-state index contributed by atoms with van der Waals surface area (Å²) in [4.78, 5) is 11.6. The summed E-state index contributed by atoms with van der Waals surface area (Å²) in [5.74, 6) is 0.00343. The molecule has 0 unspecified atom stereocenters. The highest BCUT2D eigenvalue weighted by Gasteiger charge is 2.07. The SMILES string of the molecule is CCS(=O)(=O)CCNCC(=O)Nc1ccc(C)cc1. The number of carbonyl (C=O) groups excluding carboxylic acids is 1. The maximum Gasteiger partial charge on any atom is 0.238 e. The van der Waals surface area contributed by atoms with Gasteiger partial charge in [0.2, 0.25) is 5.91 Å². The first-order valence-corrected chi connectivity index (χ1v) is 8.03. The molecule has 0 aliphatic carbocycles. The summed E-state index contributed by atoms with van der Waals surface area (Å²) in [5, 5.41) is 5.55. The summed E-state index contributed by atoms with van der Waals surface area (Å²) in [6.45, 7) is 3.98. The molecule has 0 atom stereocenters. The summed E-state index contributed by atoms with van der Waals surface area (Å²) in [6, 6.07) is 7.48. The molecular formula is C13H20N2O3S. The van der Waals surface area contributed by atoms with E-state index < -0.39 is 9.84 Å². The average Bonchev–Trinajstić information content (AvgIpc) is 2.38. The minimum Gasteiger partial charge on any atom is -0.325 e. The Morgan fingerprint density at radius 3 is 2.42 bits per heavy atom. The fourth-order valence-electron chi connectivity index (χ4n) is 1.42. The number of benzene rings is 1. The van der Waals surface area contributed by atoms with E-state index in [0.29, 0.717) is 0 Å². The van der Waals surface area contributed by atoms with Crippen molar-refractivity contribution < 1.29 is 13.2 Å². The zero-order valence-corrected chi connectivity index (χ0v) is 12.1. The second-order valence-electron chi connectivity index (χ2n) is 4.33. The number of sulfone groups is 1. The Balaban J connectivity index is 2.27. The van der Waals surface area contributed by atoms with E-state index in [1.54, 1.807) is 6.92 Å². The molecule has 0 saturated heterocycles. The van der Waals surface area contributed by atoms with Gasteiger partial charge in [0.05, 0.1) is 12.3 Å². The number of aryl methyl sites for hydroxylation is 1. The summed E-state index contributed by atoms with van der Waals surface area (Å²) in [7, 11) is -2.98. The second kappa shape index (κ2) is 7.25. The summed E-state index contributed by atoms with van der Waals surface area (Å²) >= 11 is 0. The van der Waals surface area contributed by atoms with E-state index in [1.807, 2.05) is 31.2 Å². The largest absolute Gasteiger partial charge is 0.325 e. The van der Waals surface area contributed by atoms with Crippen LogP contribution >= 0.6 is 0 Å². The van der Waals surface area contributed by atoms with Crippen molar-refractivity contribution in [3.8, 4) is 0 Å². The van der Waals surface area contributed by atoms with E-state index in [9.17, 15) is 13.2 Å². The van der Waals surface area contributed by atoms with E-state index in [1.165, 1.54) is 0 Å². The van der Waals surface area contributed by atoms with Gasteiger partial charge in [-0.05, 0) is 19.1 Å². The molecule has 0 aliphatic heterocycles. The van der Waals surface area contributed by atoms with Crippen LogP contribution in [-0.4, -0.2) is 38.9 Å². The van der Waals surface area contributed by atoms with Crippen LogP contribution in [0.25, 0.3) is 0 Å². The molecule has 5 nitrogen and oxygen atoms in total. The first-order valence-electron chi connectivity index (χ1n) is 6.20. The van der Waals surface area contributed by atoms with E-state index in [-0.39, 0.29) is 30.5 Å². The molecule has 0 spiro atoms. The van der Waals surface area contributed by atoms with Gasteiger partial charge in [-0.3, -0.25) is 4.79 Å². The lowest BCUT2D eigenvalue weighted by atomic mass is 10.2. The van der Waals surface area contributed by atoms with Crippen molar-refractivity contribution in [3.05, 3.63) is 29.8 Å². The number of carbonyl (C=O) groups is 1. The summed E-state index contributed by atoms with van der Waals surface area (Å²) < 4.78 is 22.5. The molecule has 0 aliphatic rings. The molecule has 1 aromatic rings. The van der Waals surface area contributed by atoms with Crippen molar-refractivity contribution in [1.82, 2.24) is 5.32 Å². The van der Waals surface area contributed by atoms with E-state index >= 15 is 0 Å². The zero-order chi connectivity index (χ0) is 14.3. The summed E-state index contributed by atoms with van der Waals surface area (Å²) in [6.07, 6.45) is 0. The van der Waals surface area contributed by atoms with Crippen LogP contribution in [0, 0.1) is 6.92 Å². The number of anilines is 1. The Kier molecular flexibility index (Phi) is 5.98. The molecule has 106 valence electrons. The molecule has 0 aromatic heterocycles. The topological polar surface area (TPSA) is 75.3 Å². The van der Waals surface area contributed by atoms with Crippen molar-refractivity contribution in [2.75, 3.05) is 29.9 Å². The van der Waals surface area contributed by atoms with Crippen LogP contribution in [0.3, 0.4) is 0 Å². The highest BCUT2D eigenvalue weighted by molar-refractivity contribution is 7.91. The van der Waals surface area contributed by atoms with Gasteiger partial charge >= 0.3 is 0 Å². The number of rotatable bonds is 7. The molecule has 2 N–H and O–H groups in total. The third-order valence-corrected chi connectivity index (χ3v) is 4.36. The third-order valence-electron chi connectivity index (χ3n) is 2.65. The monoisotopic (exact) mass is 284 g/mol. The smallest absolute Gasteiger partial charge is 0.238 e. The van der Waals surface area contributed by atoms with Crippen molar-refractivity contribution in [2.24, 2.45) is 0 Å². The van der Waals surface area contributed by atoms with Crippen molar-refractivity contribution in [3.63, 3.8) is 0 Å². The standard InChI is InChI=1S/C13H20N2O3S/c1-3-19(17,18)9-8-14-10-13(16)15-12-6-4-11(2)5-7-12/h4-7,14H,3,8-10H2,1-2H3,(H,15,16).